The molecule has 3 rings (SSSR count). The average Bonchev–Trinajstić information content (AvgIpc) is 3.13. The highest BCUT2D eigenvalue weighted by molar-refractivity contribution is 5.29. The van der Waals surface area contributed by atoms with E-state index in [9.17, 15) is 18.3 Å². The van der Waals surface area contributed by atoms with Crippen LogP contribution < -0.4 is 0 Å². The predicted octanol–water partition coefficient (Wildman–Crippen LogP) is 2.96. The first-order valence-electron chi connectivity index (χ1n) is 7.77. The molecule has 130 valence electrons. The van der Waals surface area contributed by atoms with Crippen molar-refractivity contribution in [1.29, 1.82) is 0 Å². The normalized spacial score (nSPS) is 22.2. The number of likely N-dealkylation sites (tertiary alicyclic amines) is 1. The van der Waals surface area contributed by atoms with Crippen molar-refractivity contribution in [2.24, 2.45) is 0 Å². The van der Waals surface area contributed by atoms with Crippen molar-refractivity contribution in [3.05, 3.63) is 47.2 Å². The van der Waals surface area contributed by atoms with Crippen molar-refractivity contribution in [3.8, 4) is 0 Å². The number of nitrogens with zero attached hydrogens (tertiary/aromatic N) is 3. The van der Waals surface area contributed by atoms with E-state index >= 15 is 0 Å². The summed E-state index contributed by atoms with van der Waals surface area (Å²) in [6.07, 6.45) is -4.00. The lowest BCUT2D eigenvalue weighted by Gasteiger charge is -2.23. The number of aliphatic hydroxyl groups excluding tert-OH is 1. The number of hydrogen-bond acceptors (Lipinski definition) is 5. The van der Waals surface area contributed by atoms with Crippen molar-refractivity contribution >= 4 is 0 Å². The lowest BCUT2D eigenvalue weighted by atomic mass is 10.0. The number of halogens is 3. The number of β-amino-alcohol motifs (C(OH)–C–C–N with tert-alkyl or cyclic N) is 1. The minimum absolute atomic E-state index is 0.297. The summed E-state index contributed by atoms with van der Waals surface area (Å²) in [6.45, 7) is 2.54. The van der Waals surface area contributed by atoms with Crippen molar-refractivity contribution in [1.82, 2.24) is 15.1 Å². The van der Waals surface area contributed by atoms with Gasteiger partial charge in [-0.2, -0.15) is 13.2 Å². The van der Waals surface area contributed by atoms with Gasteiger partial charge in [-0.05, 0) is 24.1 Å². The number of alkyl halides is 3. The van der Waals surface area contributed by atoms with Gasteiger partial charge in [0.15, 0.2) is 0 Å². The van der Waals surface area contributed by atoms with Crippen molar-refractivity contribution < 1.29 is 22.7 Å². The Morgan fingerprint density at radius 2 is 2.04 bits per heavy atom. The number of rotatable bonds is 4. The van der Waals surface area contributed by atoms with Gasteiger partial charge in [-0.3, -0.25) is 4.90 Å². The second-order valence-electron chi connectivity index (χ2n) is 5.90. The standard InChI is InChI=1S/C16H18F3N3O2/c1-2-14-20-21-15(24-14)9-22-8-12(23)7-13(22)10-4-3-5-11(6-10)16(17,18)19/h3-6,12-13,23H,2,7-9H2,1H3/t12-,13-/m0/s1. The number of aliphatic hydroxyl groups is 1. The Bertz CT molecular complexity index is 702. The molecular weight excluding hydrogens is 323 g/mol. The molecule has 0 spiro atoms. The molecule has 1 fully saturated rings. The van der Waals surface area contributed by atoms with E-state index in [0.717, 1.165) is 12.1 Å². The quantitative estimate of drug-likeness (QED) is 0.926. The Labute approximate surface area is 137 Å². The summed E-state index contributed by atoms with van der Waals surface area (Å²) in [6, 6.07) is 4.91. The van der Waals surface area contributed by atoms with Gasteiger partial charge in [0.1, 0.15) is 0 Å². The zero-order chi connectivity index (χ0) is 17.3. The van der Waals surface area contributed by atoms with Gasteiger partial charge in [0, 0.05) is 19.0 Å². The molecule has 0 unspecified atom stereocenters. The van der Waals surface area contributed by atoms with Crippen LogP contribution in [0.1, 0.15) is 42.3 Å². The summed E-state index contributed by atoms with van der Waals surface area (Å²) >= 11 is 0. The van der Waals surface area contributed by atoms with E-state index in [1.54, 1.807) is 6.07 Å². The van der Waals surface area contributed by atoms with Gasteiger partial charge < -0.3 is 9.52 Å². The molecule has 1 aromatic carbocycles. The molecule has 1 aliphatic rings. The second kappa shape index (κ2) is 6.52. The van der Waals surface area contributed by atoms with Crippen LogP contribution in [0.25, 0.3) is 0 Å². The molecule has 2 heterocycles. The van der Waals surface area contributed by atoms with E-state index in [1.807, 2.05) is 11.8 Å². The van der Waals surface area contributed by atoms with E-state index < -0.39 is 17.8 Å². The molecule has 2 aromatic rings. The molecule has 2 atom stereocenters. The fraction of sp³-hybridized carbons (Fsp3) is 0.500. The van der Waals surface area contributed by atoms with E-state index in [0.29, 0.717) is 43.3 Å². The molecule has 0 radical (unpaired) electrons. The first-order chi connectivity index (χ1) is 11.4. The van der Waals surface area contributed by atoms with Crippen LogP contribution in [0.4, 0.5) is 13.2 Å². The maximum absolute atomic E-state index is 12.9. The maximum Gasteiger partial charge on any atom is 0.416 e. The summed E-state index contributed by atoms with van der Waals surface area (Å²) in [5.74, 6) is 0.915. The van der Waals surface area contributed by atoms with Gasteiger partial charge in [-0.25, -0.2) is 0 Å². The molecule has 8 heteroatoms. The molecule has 1 aromatic heterocycles. The van der Waals surface area contributed by atoms with Crippen LogP contribution in [-0.4, -0.2) is 32.9 Å². The van der Waals surface area contributed by atoms with Crippen LogP contribution in [0.5, 0.6) is 0 Å². The highest BCUT2D eigenvalue weighted by Gasteiger charge is 2.35. The van der Waals surface area contributed by atoms with E-state index in [2.05, 4.69) is 10.2 Å². The molecule has 1 N–H and O–H groups in total. The Balaban J connectivity index is 1.82. The molecule has 0 bridgehead atoms. The highest BCUT2D eigenvalue weighted by atomic mass is 19.4. The van der Waals surface area contributed by atoms with E-state index in [1.165, 1.54) is 6.07 Å². The highest BCUT2D eigenvalue weighted by Crippen LogP contribution is 2.36. The molecule has 5 nitrogen and oxygen atoms in total. The first-order valence-corrected chi connectivity index (χ1v) is 7.77. The largest absolute Gasteiger partial charge is 0.424 e. The number of hydrogen-bond donors (Lipinski definition) is 1. The fourth-order valence-electron chi connectivity index (χ4n) is 2.99. The average molecular weight is 341 g/mol. The van der Waals surface area contributed by atoms with Gasteiger partial charge in [-0.15, -0.1) is 10.2 Å². The van der Waals surface area contributed by atoms with Crippen LogP contribution in [0, 0.1) is 0 Å². The van der Waals surface area contributed by atoms with E-state index in [-0.39, 0.29) is 6.04 Å². The summed E-state index contributed by atoms with van der Waals surface area (Å²) in [7, 11) is 0. The smallest absolute Gasteiger partial charge is 0.416 e. The molecule has 1 saturated heterocycles. The van der Waals surface area contributed by atoms with Crippen LogP contribution in [0.2, 0.25) is 0 Å². The predicted molar refractivity (Wildman–Crippen MR) is 78.9 cm³/mol. The Morgan fingerprint density at radius 3 is 2.71 bits per heavy atom. The molecular formula is C16H18F3N3O2. The first kappa shape index (κ1) is 16.9. The lowest BCUT2D eigenvalue weighted by Crippen LogP contribution is -2.24. The minimum atomic E-state index is -4.39. The SMILES string of the molecule is CCc1nnc(CN2C[C@@H](O)C[C@H]2c2cccc(C(F)(F)F)c2)o1. The third kappa shape index (κ3) is 3.59. The molecule has 1 aliphatic heterocycles. The Kier molecular flexibility index (Phi) is 4.60. The number of aryl methyl sites for hydroxylation is 1. The molecule has 0 aliphatic carbocycles. The summed E-state index contributed by atoms with van der Waals surface area (Å²) in [4.78, 5) is 1.87. The Hall–Kier alpha value is -1.93. The van der Waals surface area contributed by atoms with Crippen molar-refractivity contribution in [2.45, 2.75) is 44.6 Å². The van der Waals surface area contributed by atoms with Crippen molar-refractivity contribution in [3.63, 3.8) is 0 Å². The van der Waals surface area contributed by atoms with Crippen molar-refractivity contribution in [2.75, 3.05) is 6.54 Å². The monoisotopic (exact) mass is 341 g/mol. The minimum Gasteiger partial charge on any atom is -0.424 e. The van der Waals surface area contributed by atoms with Gasteiger partial charge in [0.25, 0.3) is 0 Å². The topological polar surface area (TPSA) is 62.4 Å². The van der Waals surface area contributed by atoms with Gasteiger partial charge in [0.2, 0.25) is 11.8 Å². The molecule has 0 amide bonds. The fourth-order valence-corrected chi connectivity index (χ4v) is 2.99. The lowest BCUT2D eigenvalue weighted by molar-refractivity contribution is -0.137. The van der Waals surface area contributed by atoms with E-state index in [4.69, 9.17) is 4.42 Å². The molecule has 0 saturated carbocycles. The Morgan fingerprint density at radius 1 is 1.29 bits per heavy atom. The summed E-state index contributed by atoms with van der Waals surface area (Å²) in [5.41, 5.74) is -0.163. The second-order valence-corrected chi connectivity index (χ2v) is 5.90. The van der Waals surface area contributed by atoms with Gasteiger partial charge in [-0.1, -0.05) is 19.1 Å². The zero-order valence-corrected chi connectivity index (χ0v) is 13.1. The third-order valence-corrected chi connectivity index (χ3v) is 4.13. The summed E-state index contributed by atoms with van der Waals surface area (Å²) in [5, 5.41) is 17.8. The molecule has 24 heavy (non-hydrogen) atoms. The van der Waals surface area contributed by atoms with Crippen LogP contribution >= 0.6 is 0 Å². The van der Waals surface area contributed by atoms with Crippen LogP contribution in [0.15, 0.2) is 28.7 Å². The third-order valence-electron chi connectivity index (χ3n) is 4.13. The number of aromatic nitrogens is 2. The van der Waals surface area contributed by atoms with Gasteiger partial charge >= 0.3 is 6.18 Å². The maximum atomic E-state index is 12.9. The summed E-state index contributed by atoms with van der Waals surface area (Å²) < 4.78 is 44.2. The number of benzene rings is 1. The van der Waals surface area contributed by atoms with Crippen LogP contribution in [-0.2, 0) is 19.1 Å². The zero-order valence-electron chi connectivity index (χ0n) is 13.1. The van der Waals surface area contributed by atoms with Crippen LogP contribution in [0.3, 0.4) is 0 Å². The van der Waals surface area contributed by atoms with Gasteiger partial charge in [0.05, 0.1) is 18.2 Å².